The van der Waals surface area contributed by atoms with Crippen LogP contribution in [0.15, 0.2) is 45.7 Å². The van der Waals surface area contributed by atoms with Gasteiger partial charge in [0.05, 0.1) is 6.20 Å². The van der Waals surface area contributed by atoms with E-state index in [0.29, 0.717) is 0 Å². The summed E-state index contributed by atoms with van der Waals surface area (Å²) in [5.41, 5.74) is 3.35. The van der Waals surface area contributed by atoms with E-state index < -0.39 is 0 Å². The molecule has 0 fully saturated rings. The quantitative estimate of drug-likeness (QED) is 0.619. The highest BCUT2D eigenvalue weighted by Crippen LogP contribution is 2.32. The molecular weight excluding hydrogens is 176 g/mol. The summed E-state index contributed by atoms with van der Waals surface area (Å²) in [5.74, 6) is 0.922. The second-order valence-electron chi connectivity index (χ2n) is 3.23. The number of hydrogen-bond acceptors (Lipinski definition) is 3. The highest BCUT2D eigenvalue weighted by molar-refractivity contribution is 5.88. The van der Waals surface area contributed by atoms with E-state index in [0.717, 1.165) is 23.3 Å². The van der Waals surface area contributed by atoms with Crippen LogP contribution in [0, 0.1) is 0 Å². The van der Waals surface area contributed by atoms with Gasteiger partial charge in [-0.2, -0.15) is 0 Å². The second kappa shape index (κ2) is 2.80. The molecule has 3 rings (SSSR count). The largest absolute Gasteiger partial charge is 0.360 e. The zero-order valence-electron chi connectivity index (χ0n) is 7.47. The predicted molar refractivity (Wildman–Crippen MR) is 53.9 cm³/mol. The second-order valence-corrected chi connectivity index (χ2v) is 3.23. The summed E-state index contributed by atoms with van der Waals surface area (Å²) in [4.78, 5) is 4.15. The number of rotatable bonds is 0. The minimum Gasteiger partial charge on any atom is -0.360 e. The molecule has 0 bridgehead atoms. The van der Waals surface area contributed by atoms with E-state index in [1.807, 2.05) is 12.3 Å². The molecule has 14 heavy (non-hydrogen) atoms. The number of hydrogen-bond donors (Lipinski definition) is 0. The number of aliphatic imine (C=N–C) groups is 1. The van der Waals surface area contributed by atoms with Crippen LogP contribution in [0.4, 0.5) is 0 Å². The average Bonchev–Trinajstić information content (AvgIpc) is 2.55. The molecule has 2 heterocycles. The Hall–Kier alpha value is -1.90. The lowest BCUT2D eigenvalue weighted by Crippen LogP contribution is -1.97. The molecule has 0 spiro atoms. The van der Waals surface area contributed by atoms with E-state index >= 15 is 0 Å². The summed E-state index contributed by atoms with van der Waals surface area (Å²) < 4.78 is 5.13. The first-order valence-electron chi connectivity index (χ1n) is 4.49. The molecule has 1 aromatic heterocycles. The molecule has 1 aliphatic heterocycles. The van der Waals surface area contributed by atoms with E-state index in [-0.39, 0.29) is 0 Å². The Morgan fingerprint density at radius 2 is 2.36 bits per heavy atom. The number of nitrogens with zero attached hydrogens (tertiary/aromatic N) is 2. The van der Waals surface area contributed by atoms with Crippen molar-refractivity contribution in [1.82, 2.24) is 5.16 Å². The summed E-state index contributed by atoms with van der Waals surface area (Å²) in [6.45, 7) is 0. The molecule has 2 aliphatic rings. The van der Waals surface area contributed by atoms with Crippen molar-refractivity contribution < 1.29 is 4.52 Å². The van der Waals surface area contributed by atoms with Crippen LogP contribution in [0.3, 0.4) is 0 Å². The van der Waals surface area contributed by atoms with E-state index in [2.05, 4.69) is 22.3 Å². The van der Waals surface area contributed by atoms with Crippen molar-refractivity contribution in [2.24, 2.45) is 4.99 Å². The first-order valence-corrected chi connectivity index (χ1v) is 4.49. The van der Waals surface area contributed by atoms with Crippen molar-refractivity contribution in [3.8, 4) is 0 Å². The summed E-state index contributed by atoms with van der Waals surface area (Å²) in [5, 5.41) is 3.80. The predicted octanol–water partition coefficient (Wildman–Crippen LogP) is 2.14. The Kier molecular flexibility index (Phi) is 1.50. The third kappa shape index (κ3) is 0.988. The molecule has 0 amide bonds. The SMILES string of the molecule is C1=CC2=CCc3oncc3C2=CN=C1. The summed E-state index contributed by atoms with van der Waals surface area (Å²) in [6.07, 6.45) is 12.3. The van der Waals surface area contributed by atoms with Crippen LogP contribution in [0.1, 0.15) is 11.3 Å². The van der Waals surface area contributed by atoms with Crippen LogP contribution in [0.5, 0.6) is 0 Å². The van der Waals surface area contributed by atoms with Crippen LogP contribution < -0.4 is 0 Å². The fraction of sp³-hybridized carbons (Fsp3) is 0.0909. The molecule has 3 nitrogen and oxygen atoms in total. The third-order valence-corrected chi connectivity index (χ3v) is 2.41. The van der Waals surface area contributed by atoms with Gasteiger partial charge in [0, 0.05) is 30.0 Å². The molecule has 0 N–H and O–H groups in total. The maximum atomic E-state index is 5.13. The van der Waals surface area contributed by atoms with Gasteiger partial charge in [-0.3, -0.25) is 4.99 Å². The van der Waals surface area contributed by atoms with Crippen molar-refractivity contribution >= 4 is 11.8 Å². The molecule has 1 aliphatic carbocycles. The van der Waals surface area contributed by atoms with E-state index in [1.54, 1.807) is 12.4 Å². The highest BCUT2D eigenvalue weighted by atomic mass is 16.5. The maximum absolute atomic E-state index is 5.13. The molecule has 0 aromatic carbocycles. The molecule has 0 saturated heterocycles. The third-order valence-electron chi connectivity index (χ3n) is 2.41. The monoisotopic (exact) mass is 184 g/mol. The van der Waals surface area contributed by atoms with Crippen molar-refractivity contribution in [2.45, 2.75) is 6.42 Å². The van der Waals surface area contributed by atoms with Gasteiger partial charge in [-0.15, -0.1) is 0 Å². The average molecular weight is 184 g/mol. The molecule has 0 radical (unpaired) electrons. The lowest BCUT2D eigenvalue weighted by Gasteiger charge is -2.10. The Bertz CT molecular complexity index is 489. The Morgan fingerprint density at radius 3 is 3.36 bits per heavy atom. The highest BCUT2D eigenvalue weighted by Gasteiger charge is 2.19. The first-order chi connectivity index (χ1) is 6.95. The summed E-state index contributed by atoms with van der Waals surface area (Å²) >= 11 is 0. The maximum Gasteiger partial charge on any atom is 0.148 e. The fourth-order valence-corrected chi connectivity index (χ4v) is 1.71. The Morgan fingerprint density at radius 1 is 1.36 bits per heavy atom. The van der Waals surface area contributed by atoms with Crippen LogP contribution in [-0.4, -0.2) is 11.4 Å². The van der Waals surface area contributed by atoms with Gasteiger partial charge in [0.1, 0.15) is 5.76 Å². The van der Waals surface area contributed by atoms with Gasteiger partial charge < -0.3 is 4.52 Å². The number of allylic oxidation sites excluding steroid dienone is 5. The van der Waals surface area contributed by atoms with Crippen LogP contribution in [0.25, 0.3) is 5.57 Å². The molecule has 0 saturated carbocycles. The van der Waals surface area contributed by atoms with Gasteiger partial charge in [0.15, 0.2) is 0 Å². The minimum atomic E-state index is 0.812. The molecule has 3 heteroatoms. The molecule has 0 atom stereocenters. The molecular formula is C11H8N2O. The Balaban J connectivity index is 2.22. The van der Waals surface area contributed by atoms with Crippen LogP contribution in [0.2, 0.25) is 0 Å². The standard InChI is InChI=1S/C11H8N2O/c1-2-8-3-4-11-10(7-13-14-11)9(8)6-12-5-1/h1-3,5-7H,4H2. The summed E-state index contributed by atoms with van der Waals surface area (Å²) in [6, 6.07) is 0. The minimum absolute atomic E-state index is 0.812. The van der Waals surface area contributed by atoms with Gasteiger partial charge in [0.2, 0.25) is 0 Å². The zero-order valence-corrected chi connectivity index (χ0v) is 7.47. The zero-order chi connectivity index (χ0) is 9.38. The number of aromatic nitrogens is 1. The van der Waals surface area contributed by atoms with Crippen LogP contribution in [-0.2, 0) is 6.42 Å². The lowest BCUT2D eigenvalue weighted by atomic mass is 9.92. The molecule has 0 unspecified atom stereocenters. The van der Waals surface area contributed by atoms with Crippen molar-refractivity contribution in [2.75, 3.05) is 0 Å². The van der Waals surface area contributed by atoms with Crippen molar-refractivity contribution in [3.63, 3.8) is 0 Å². The normalized spacial score (nSPS) is 18.0. The molecule has 1 aromatic rings. The first kappa shape index (κ1) is 7.50. The smallest absolute Gasteiger partial charge is 0.148 e. The van der Waals surface area contributed by atoms with E-state index in [9.17, 15) is 0 Å². The lowest BCUT2D eigenvalue weighted by molar-refractivity contribution is 0.390. The summed E-state index contributed by atoms with van der Waals surface area (Å²) in [7, 11) is 0. The van der Waals surface area contributed by atoms with Gasteiger partial charge in [-0.1, -0.05) is 17.3 Å². The van der Waals surface area contributed by atoms with Crippen molar-refractivity contribution in [1.29, 1.82) is 0 Å². The fourth-order valence-electron chi connectivity index (χ4n) is 1.71. The van der Waals surface area contributed by atoms with Gasteiger partial charge >= 0.3 is 0 Å². The van der Waals surface area contributed by atoms with E-state index in [4.69, 9.17) is 4.52 Å². The van der Waals surface area contributed by atoms with Gasteiger partial charge in [0.25, 0.3) is 0 Å². The molecule has 68 valence electrons. The van der Waals surface area contributed by atoms with Gasteiger partial charge in [-0.25, -0.2) is 0 Å². The van der Waals surface area contributed by atoms with Crippen LogP contribution >= 0.6 is 0 Å². The Labute approximate surface area is 81.1 Å². The van der Waals surface area contributed by atoms with Gasteiger partial charge in [-0.05, 0) is 11.6 Å². The number of fused-ring (bicyclic) bond motifs is 3. The topological polar surface area (TPSA) is 38.4 Å². The van der Waals surface area contributed by atoms with E-state index in [1.165, 1.54) is 5.57 Å². The van der Waals surface area contributed by atoms with Crippen molar-refractivity contribution in [3.05, 3.63) is 47.5 Å².